The summed E-state index contributed by atoms with van der Waals surface area (Å²) in [7, 11) is 0. The molecule has 19 heavy (non-hydrogen) atoms. The van der Waals surface area contributed by atoms with E-state index in [2.05, 4.69) is 24.8 Å². The molecule has 2 N–H and O–H groups in total. The Morgan fingerprint density at radius 3 is 3.05 bits per heavy atom. The molecule has 1 heterocycles. The Bertz CT molecular complexity index is 406. The van der Waals surface area contributed by atoms with Crippen molar-refractivity contribution in [2.24, 2.45) is 0 Å². The van der Waals surface area contributed by atoms with Gasteiger partial charge in [0, 0.05) is 25.4 Å². The lowest BCUT2D eigenvalue weighted by Crippen LogP contribution is -2.39. The molecular formula is C16H26N2O. The molecule has 3 nitrogen and oxygen atoms in total. The van der Waals surface area contributed by atoms with Gasteiger partial charge in [-0.25, -0.2) is 0 Å². The Labute approximate surface area is 116 Å². The number of nitrogens with two attached hydrogens (primary N) is 1. The van der Waals surface area contributed by atoms with Crippen LogP contribution in [0, 0.1) is 6.92 Å². The van der Waals surface area contributed by atoms with Crippen LogP contribution in [0.25, 0.3) is 0 Å². The van der Waals surface area contributed by atoms with E-state index in [1.165, 1.54) is 30.5 Å². The van der Waals surface area contributed by atoms with Crippen molar-refractivity contribution < 1.29 is 4.74 Å². The molecule has 1 fully saturated rings. The molecule has 1 saturated heterocycles. The van der Waals surface area contributed by atoms with Crippen molar-refractivity contribution in [3.63, 3.8) is 0 Å². The minimum Gasteiger partial charge on any atom is -0.399 e. The maximum Gasteiger partial charge on any atom is 0.0702 e. The first-order valence-corrected chi connectivity index (χ1v) is 7.38. The maximum absolute atomic E-state index is 5.98. The molecule has 0 amide bonds. The Hall–Kier alpha value is -1.06. The van der Waals surface area contributed by atoms with Gasteiger partial charge in [0.15, 0.2) is 0 Å². The number of anilines is 1. The molecule has 0 saturated carbocycles. The minimum atomic E-state index is 0.412. The van der Waals surface area contributed by atoms with E-state index < -0.39 is 0 Å². The summed E-state index contributed by atoms with van der Waals surface area (Å²) in [6, 6.07) is 6.21. The summed E-state index contributed by atoms with van der Waals surface area (Å²) in [5, 5.41) is 0. The Morgan fingerprint density at radius 1 is 1.42 bits per heavy atom. The fraction of sp³-hybridized carbons (Fsp3) is 0.625. The van der Waals surface area contributed by atoms with Crippen LogP contribution in [0.4, 0.5) is 5.69 Å². The molecule has 0 aromatic heterocycles. The molecule has 1 aliphatic rings. The average Bonchev–Trinajstić information content (AvgIpc) is 2.42. The van der Waals surface area contributed by atoms with Crippen molar-refractivity contribution in [3.05, 3.63) is 29.3 Å². The summed E-state index contributed by atoms with van der Waals surface area (Å²) in [4.78, 5) is 2.49. The van der Waals surface area contributed by atoms with E-state index in [4.69, 9.17) is 10.5 Å². The summed E-state index contributed by atoms with van der Waals surface area (Å²) < 4.78 is 5.89. The molecule has 0 bridgehead atoms. The standard InChI is InChI=1S/C16H26N2O/c1-3-10-19-15-7-5-9-18(12-15)11-14-6-4-8-16(17)13(14)2/h4,6,8,15H,3,5,7,9-12,17H2,1-2H3. The molecule has 0 aliphatic carbocycles. The summed E-state index contributed by atoms with van der Waals surface area (Å²) in [5.41, 5.74) is 9.44. The largest absolute Gasteiger partial charge is 0.399 e. The highest BCUT2D eigenvalue weighted by atomic mass is 16.5. The highest BCUT2D eigenvalue weighted by Crippen LogP contribution is 2.20. The fourth-order valence-corrected chi connectivity index (χ4v) is 2.69. The molecule has 1 aliphatic heterocycles. The van der Waals surface area contributed by atoms with Gasteiger partial charge in [0.1, 0.15) is 0 Å². The van der Waals surface area contributed by atoms with Gasteiger partial charge < -0.3 is 10.5 Å². The number of nitrogens with zero attached hydrogens (tertiary/aromatic N) is 1. The third-order valence-electron chi connectivity index (χ3n) is 3.90. The van der Waals surface area contributed by atoms with Crippen molar-refractivity contribution in [2.75, 3.05) is 25.4 Å². The Balaban J connectivity index is 1.93. The molecule has 3 heteroatoms. The third-order valence-corrected chi connectivity index (χ3v) is 3.90. The number of likely N-dealkylation sites (tertiary alicyclic amines) is 1. The summed E-state index contributed by atoms with van der Waals surface area (Å²) >= 11 is 0. The van der Waals surface area contributed by atoms with Crippen molar-refractivity contribution in [1.82, 2.24) is 4.90 Å². The van der Waals surface area contributed by atoms with Gasteiger partial charge in [-0.1, -0.05) is 19.1 Å². The Kier molecular flexibility index (Phi) is 5.23. The van der Waals surface area contributed by atoms with Crippen LogP contribution in [-0.2, 0) is 11.3 Å². The van der Waals surface area contributed by atoms with Gasteiger partial charge in [-0.2, -0.15) is 0 Å². The number of rotatable bonds is 5. The second kappa shape index (κ2) is 6.92. The number of piperidine rings is 1. The molecule has 1 aromatic rings. The lowest BCUT2D eigenvalue weighted by Gasteiger charge is -2.33. The molecule has 106 valence electrons. The zero-order valence-electron chi connectivity index (χ0n) is 12.2. The van der Waals surface area contributed by atoms with E-state index in [-0.39, 0.29) is 0 Å². The molecule has 0 spiro atoms. The third kappa shape index (κ3) is 3.95. The average molecular weight is 262 g/mol. The second-order valence-electron chi connectivity index (χ2n) is 5.50. The summed E-state index contributed by atoms with van der Waals surface area (Å²) in [6.45, 7) is 8.36. The van der Waals surface area contributed by atoms with Crippen LogP contribution in [-0.4, -0.2) is 30.7 Å². The first-order valence-electron chi connectivity index (χ1n) is 7.38. The van der Waals surface area contributed by atoms with Gasteiger partial charge in [0.05, 0.1) is 6.10 Å². The van der Waals surface area contributed by atoms with Gasteiger partial charge in [-0.05, 0) is 49.9 Å². The van der Waals surface area contributed by atoms with E-state index in [1.807, 2.05) is 12.1 Å². The number of benzene rings is 1. The zero-order valence-corrected chi connectivity index (χ0v) is 12.2. The summed E-state index contributed by atoms with van der Waals surface area (Å²) in [6.07, 6.45) is 3.95. The van der Waals surface area contributed by atoms with Gasteiger partial charge in [-0.15, -0.1) is 0 Å². The van der Waals surface area contributed by atoms with Crippen LogP contribution < -0.4 is 5.73 Å². The first kappa shape index (κ1) is 14.4. The maximum atomic E-state index is 5.98. The van der Waals surface area contributed by atoms with Crippen LogP contribution in [0.2, 0.25) is 0 Å². The number of hydrogen-bond acceptors (Lipinski definition) is 3. The quantitative estimate of drug-likeness (QED) is 0.829. The predicted octanol–water partition coefficient (Wildman–Crippen LogP) is 2.97. The van der Waals surface area contributed by atoms with E-state index >= 15 is 0 Å². The molecule has 2 rings (SSSR count). The number of nitrogen functional groups attached to an aromatic ring is 1. The van der Waals surface area contributed by atoms with Gasteiger partial charge in [0.25, 0.3) is 0 Å². The lowest BCUT2D eigenvalue weighted by atomic mass is 10.0. The van der Waals surface area contributed by atoms with Crippen LogP contribution >= 0.6 is 0 Å². The van der Waals surface area contributed by atoms with E-state index in [0.29, 0.717) is 6.10 Å². The van der Waals surface area contributed by atoms with Gasteiger partial charge >= 0.3 is 0 Å². The molecule has 0 radical (unpaired) electrons. The predicted molar refractivity (Wildman–Crippen MR) is 80.1 cm³/mol. The molecule has 1 atom stereocenters. The molecular weight excluding hydrogens is 236 g/mol. The topological polar surface area (TPSA) is 38.5 Å². The fourth-order valence-electron chi connectivity index (χ4n) is 2.69. The summed E-state index contributed by atoms with van der Waals surface area (Å²) in [5.74, 6) is 0. The van der Waals surface area contributed by atoms with Crippen molar-refractivity contribution in [3.8, 4) is 0 Å². The van der Waals surface area contributed by atoms with E-state index in [0.717, 1.165) is 31.8 Å². The van der Waals surface area contributed by atoms with Crippen LogP contribution in [0.1, 0.15) is 37.3 Å². The Morgan fingerprint density at radius 2 is 2.26 bits per heavy atom. The minimum absolute atomic E-state index is 0.412. The zero-order chi connectivity index (χ0) is 13.7. The second-order valence-corrected chi connectivity index (χ2v) is 5.50. The van der Waals surface area contributed by atoms with Crippen molar-refractivity contribution in [2.45, 2.75) is 45.8 Å². The number of ether oxygens (including phenoxy) is 1. The highest BCUT2D eigenvalue weighted by Gasteiger charge is 2.20. The van der Waals surface area contributed by atoms with Crippen molar-refractivity contribution >= 4 is 5.69 Å². The van der Waals surface area contributed by atoms with Crippen LogP contribution in [0.5, 0.6) is 0 Å². The normalized spacial score (nSPS) is 20.6. The van der Waals surface area contributed by atoms with Gasteiger partial charge in [0.2, 0.25) is 0 Å². The molecule has 1 aromatic carbocycles. The number of hydrogen-bond donors (Lipinski definition) is 1. The highest BCUT2D eigenvalue weighted by molar-refractivity contribution is 5.49. The van der Waals surface area contributed by atoms with Gasteiger partial charge in [-0.3, -0.25) is 4.90 Å². The van der Waals surface area contributed by atoms with E-state index in [9.17, 15) is 0 Å². The SMILES string of the molecule is CCCOC1CCCN(Cc2cccc(N)c2C)C1. The lowest BCUT2D eigenvalue weighted by molar-refractivity contribution is -0.00226. The first-order chi connectivity index (χ1) is 9.20. The van der Waals surface area contributed by atoms with Crippen molar-refractivity contribution in [1.29, 1.82) is 0 Å². The molecule has 1 unspecified atom stereocenters. The van der Waals surface area contributed by atoms with E-state index in [1.54, 1.807) is 0 Å². The van der Waals surface area contributed by atoms with Crippen LogP contribution in [0.15, 0.2) is 18.2 Å². The monoisotopic (exact) mass is 262 g/mol. The van der Waals surface area contributed by atoms with Crippen LogP contribution in [0.3, 0.4) is 0 Å². The smallest absolute Gasteiger partial charge is 0.0702 e.